The number of benzene rings is 1. The molecule has 1 amide bonds. The Morgan fingerprint density at radius 3 is 2.76 bits per heavy atom. The van der Waals surface area contributed by atoms with E-state index in [9.17, 15) is 9.18 Å². The standard InChI is InChI=1S/C13H17FN2O/c1-9-2-3-10(8-12(9)14)13(17)16(7-6-15)11-4-5-11/h2-3,8,11H,4-7,15H2,1H3. The highest BCUT2D eigenvalue weighted by Gasteiger charge is 2.32. The molecule has 1 aromatic carbocycles. The van der Waals surface area contributed by atoms with Gasteiger partial charge in [-0.1, -0.05) is 6.07 Å². The Morgan fingerprint density at radius 1 is 1.53 bits per heavy atom. The third-order valence-electron chi connectivity index (χ3n) is 3.04. The number of carbonyl (C=O) groups is 1. The Labute approximate surface area is 100 Å². The van der Waals surface area contributed by atoms with Crippen molar-refractivity contribution in [3.63, 3.8) is 0 Å². The second-order valence-electron chi connectivity index (χ2n) is 4.48. The van der Waals surface area contributed by atoms with Crippen LogP contribution in [0, 0.1) is 12.7 Å². The highest BCUT2D eigenvalue weighted by molar-refractivity contribution is 5.94. The molecule has 0 bridgehead atoms. The highest BCUT2D eigenvalue weighted by atomic mass is 19.1. The van der Waals surface area contributed by atoms with Crippen LogP contribution < -0.4 is 5.73 Å². The molecule has 1 aliphatic rings. The maximum absolute atomic E-state index is 13.4. The van der Waals surface area contributed by atoms with Crippen molar-refractivity contribution in [1.29, 1.82) is 0 Å². The molecule has 92 valence electrons. The average Bonchev–Trinajstić information content (AvgIpc) is 3.13. The van der Waals surface area contributed by atoms with Crippen LogP contribution in [-0.2, 0) is 0 Å². The second kappa shape index (κ2) is 4.84. The summed E-state index contributed by atoms with van der Waals surface area (Å²) in [6, 6.07) is 4.92. The smallest absolute Gasteiger partial charge is 0.254 e. The van der Waals surface area contributed by atoms with Gasteiger partial charge in [-0.3, -0.25) is 4.79 Å². The summed E-state index contributed by atoms with van der Waals surface area (Å²) >= 11 is 0. The van der Waals surface area contributed by atoms with E-state index in [4.69, 9.17) is 5.73 Å². The van der Waals surface area contributed by atoms with Gasteiger partial charge in [-0.05, 0) is 37.5 Å². The number of carbonyl (C=O) groups excluding carboxylic acids is 1. The van der Waals surface area contributed by atoms with Crippen molar-refractivity contribution in [2.24, 2.45) is 5.73 Å². The zero-order valence-corrected chi connectivity index (χ0v) is 9.95. The quantitative estimate of drug-likeness (QED) is 0.864. The van der Waals surface area contributed by atoms with E-state index >= 15 is 0 Å². The minimum Gasteiger partial charge on any atom is -0.334 e. The lowest BCUT2D eigenvalue weighted by Gasteiger charge is -2.21. The number of amides is 1. The van der Waals surface area contributed by atoms with Gasteiger partial charge in [0.25, 0.3) is 5.91 Å². The van der Waals surface area contributed by atoms with E-state index in [-0.39, 0.29) is 11.7 Å². The predicted molar refractivity (Wildman–Crippen MR) is 64.2 cm³/mol. The van der Waals surface area contributed by atoms with Gasteiger partial charge in [0, 0.05) is 24.7 Å². The fourth-order valence-corrected chi connectivity index (χ4v) is 1.87. The van der Waals surface area contributed by atoms with E-state index in [0.29, 0.717) is 30.3 Å². The van der Waals surface area contributed by atoms with Gasteiger partial charge in [0.05, 0.1) is 0 Å². The van der Waals surface area contributed by atoms with Crippen molar-refractivity contribution in [1.82, 2.24) is 4.90 Å². The van der Waals surface area contributed by atoms with Crippen LogP contribution in [0.5, 0.6) is 0 Å². The first-order valence-corrected chi connectivity index (χ1v) is 5.90. The van der Waals surface area contributed by atoms with Gasteiger partial charge in [0.2, 0.25) is 0 Å². The van der Waals surface area contributed by atoms with Crippen LogP contribution in [-0.4, -0.2) is 29.9 Å². The minimum absolute atomic E-state index is 0.114. The number of aryl methyl sites for hydroxylation is 1. The Kier molecular flexibility index (Phi) is 3.43. The van der Waals surface area contributed by atoms with Crippen LogP contribution >= 0.6 is 0 Å². The fourth-order valence-electron chi connectivity index (χ4n) is 1.87. The first-order valence-electron chi connectivity index (χ1n) is 5.90. The monoisotopic (exact) mass is 236 g/mol. The summed E-state index contributed by atoms with van der Waals surface area (Å²) in [5.74, 6) is -0.448. The van der Waals surface area contributed by atoms with E-state index in [1.54, 1.807) is 24.0 Å². The van der Waals surface area contributed by atoms with E-state index in [1.165, 1.54) is 6.07 Å². The van der Waals surface area contributed by atoms with Crippen molar-refractivity contribution in [3.05, 3.63) is 35.1 Å². The molecule has 0 spiro atoms. The molecule has 1 aliphatic carbocycles. The molecule has 0 aliphatic heterocycles. The average molecular weight is 236 g/mol. The number of hydrogen-bond donors (Lipinski definition) is 1. The number of nitrogens with two attached hydrogens (primary N) is 1. The van der Waals surface area contributed by atoms with E-state index in [1.807, 2.05) is 0 Å². The first-order chi connectivity index (χ1) is 8.13. The molecule has 0 heterocycles. The molecule has 3 nitrogen and oxygen atoms in total. The van der Waals surface area contributed by atoms with E-state index in [2.05, 4.69) is 0 Å². The molecule has 2 rings (SSSR count). The van der Waals surface area contributed by atoms with E-state index < -0.39 is 0 Å². The molecule has 1 saturated carbocycles. The van der Waals surface area contributed by atoms with Crippen LogP contribution in [0.1, 0.15) is 28.8 Å². The van der Waals surface area contributed by atoms with Crippen LogP contribution in [0.2, 0.25) is 0 Å². The Morgan fingerprint density at radius 2 is 2.24 bits per heavy atom. The molecule has 0 aromatic heterocycles. The number of hydrogen-bond acceptors (Lipinski definition) is 2. The molecule has 4 heteroatoms. The Balaban J connectivity index is 2.19. The topological polar surface area (TPSA) is 46.3 Å². The fraction of sp³-hybridized carbons (Fsp3) is 0.462. The van der Waals surface area contributed by atoms with Crippen LogP contribution in [0.3, 0.4) is 0 Å². The molecular weight excluding hydrogens is 219 g/mol. The molecule has 0 unspecified atom stereocenters. The third-order valence-corrected chi connectivity index (χ3v) is 3.04. The normalized spacial score (nSPS) is 14.8. The summed E-state index contributed by atoms with van der Waals surface area (Å²) in [4.78, 5) is 13.9. The van der Waals surface area contributed by atoms with Crippen molar-refractivity contribution < 1.29 is 9.18 Å². The van der Waals surface area contributed by atoms with Crippen LogP contribution in [0.15, 0.2) is 18.2 Å². The van der Waals surface area contributed by atoms with Gasteiger partial charge in [0.15, 0.2) is 0 Å². The highest BCUT2D eigenvalue weighted by Crippen LogP contribution is 2.28. The van der Waals surface area contributed by atoms with E-state index in [0.717, 1.165) is 12.8 Å². The summed E-state index contributed by atoms with van der Waals surface area (Å²) in [5, 5.41) is 0. The first kappa shape index (κ1) is 12.0. The third kappa shape index (κ3) is 2.64. The van der Waals surface area contributed by atoms with Gasteiger partial charge in [0.1, 0.15) is 5.82 Å². The Bertz CT molecular complexity index is 429. The van der Waals surface area contributed by atoms with Gasteiger partial charge in [-0.15, -0.1) is 0 Å². The summed E-state index contributed by atoms with van der Waals surface area (Å²) in [7, 11) is 0. The molecule has 0 saturated heterocycles. The van der Waals surface area contributed by atoms with Crippen molar-refractivity contribution in [2.75, 3.05) is 13.1 Å². The largest absolute Gasteiger partial charge is 0.334 e. The molecule has 0 radical (unpaired) electrons. The van der Waals surface area contributed by atoms with Crippen molar-refractivity contribution in [2.45, 2.75) is 25.8 Å². The minimum atomic E-state index is -0.334. The number of nitrogens with zero attached hydrogens (tertiary/aromatic N) is 1. The van der Waals surface area contributed by atoms with Gasteiger partial charge in [-0.25, -0.2) is 4.39 Å². The van der Waals surface area contributed by atoms with Crippen molar-refractivity contribution in [3.8, 4) is 0 Å². The van der Waals surface area contributed by atoms with Gasteiger partial charge < -0.3 is 10.6 Å². The number of rotatable bonds is 4. The zero-order valence-electron chi connectivity index (χ0n) is 9.95. The number of halogens is 1. The lowest BCUT2D eigenvalue weighted by atomic mass is 10.1. The SMILES string of the molecule is Cc1ccc(C(=O)N(CCN)C2CC2)cc1F. The molecule has 1 fully saturated rings. The zero-order chi connectivity index (χ0) is 12.4. The van der Waals surface area contributed by atoms with Crippen molar-refractivity contribution >= 4 is 5.91 Å². The van der Waals surface area contributed by atoms with Crippen LogP contribution in [0.4, 0.5) is 4.39 Å². The lowest BCUT2D eigenvalue weighted by molar-refractivity contribution is 0.0747. The maximum Gasteiger partial charge on any atom is 0.254 e. The molecular formula is C13H17FN2O. The summed E-state index contributed by atoms with van der Waals surface area (Å²) in [5.41, 5.74) is 6.46. The lowest BCUT2D eigenvalue weighted by Crippen LogP contribution is -2.37. The summed E-state index contributed by atoms with van der Waals surface area (Å²) < 4.78 is 13.4. The molecule has 0 atom stereocenters. The summed E-state index contributed by atoms with van der Waals surface area (Å²) in [6.45, 7) is 2.66. The van der Waals surface area contributed by atoms with Gasteiger partial charge >= 0.3 is 0 Å². The summed E-state index contributed by atoms with van der Waals surface area (Å²) in [6.07, 6.45) is 2.06. The maximum atomic E-state index is 13.4. The Hall–Kier alpha value is -1.42. The molecule has 17 heavy (non-hydrogen) atoms. The second-order valence-corrected chi connectivity index (χ2v) is 4.48. The molecule has 2 N–H and O–H groups in total. The predicted octanol–water partition coefficient (Wildman–Crippen LogP) is 1.70. The molecule has 1 aromatic rings. The van der Waals surface area contributed by atoms with Gasteiger partial charge in [-0.2, -0.15) is 0 Å². The van der Waals surface area contributed by atoms with Crippen LogP contribution in [0.25, 0.3) is 0 Å².